The van der Waals surface area contributed by atoms with Gasteiger partial charge in [-0.05, 0) is 90.3 Å². The predicted molar refractivity (Wildman–Crippen MR) is 243 cm³/mol. The van der Waals surface area contributed by atoms with Crippen LogP contribution in [-0.4, -0.2) is 0 Å². The van der Waals surface area contributed by atoms with Crippen LogP contribution in [-0.2, 0) is 0 Å². The molecule has 10 aromatic rings. The molecule has 268 valence electrons. The van der Waals surface area contributed by atoms with Crippen molar-refractivity contribution in [2.45, 2.75) is 0 Å². The van der Waals surface area contributed by atoms with Crippen LogP contribution in [0.4, 0.5) is 17.1 Å². The van der Waals surface area contributed by atoms with Gasteiger partial charge in [-0.15, -0.1) is 0 Å². The topological polar surface area (TPSA) is 3.24 Å². The lowest BCUT2D eigenvalue weighted by Crippen LogP contribution is -2.12. The Kier molecular flexibility index (Phi) is 8.95. The molecule has 0 fully saturated rings. The smallest absolute Gasteiger partial charge is 0.0546 e. The maximum atomic E-state index is 2.45. The van der Waals surface area contributed by atoms with Gasteiger partial charge in [-0.1, -0.05) is 212 Å². The van der Waals surface area contributed by atoms with Crippen LogP contribution in [0.15, 0.2) is 237 Å². The highest BCUT2D eigenvalue weighted by Gasteiger charge is 2.22. The SMILES string of the molecule is c1ccc(-c2ccccc2N(c2ccc(-c3ccc(-c4cccc5ccccc45)cc3)cc2)c2cc(-c3cccc4ccccc34)ccc2-c2ccccc2)cc1. The minimum absolute atomic E-state index is 1.08. The third-order valence-corrected chi connectivity index (χ3v) is 11.1. The van der Waals surface area contributed by atoms with Gasteiger partial charge in [0.25, 0.3) is 0 Å². The molecule has 0 aliphatic rings. The van der Waals surface area contributed by atoms with Crippen molar-refractivity contribution in [3.8, 4) is 55.6 Å². The number of rotatable bonds is 8. The molecule has 0 bridgehead atoms. The average Bonchev–Trinajstić information content (AvgIpc) is 3.30. The average molecular weight is 726 g/mol. The lowest BCUT2D eigenvalue weighted by Gasteiger charge is -2.30. The van der Waals surface area contributed by atoms with Crippen LogP contribution < -0.4 is 4.90 Å². The first kappa shape index (κ1) is 34.0. The second kappa shape index (κ2) is 15.0. The summed E-state index contributed by atoms with van der Waals surface area (Å²) < 4.78 is 0. The van der Waals surface area contributed by atoms with Crippen molar-refractivity contribution in [3.05, 3.63) is 237 Å². The van der Waals surface area contributed by atoms with Crippen LogP contribution in [0.1, 0.15) is 0 Å². The van der Waals surface area contributed by atoms with Crippen LogP contribution in [0.25, 0.3) is 77.2 Å². The molecule has 0 atom stereocenters. The van der Waals surface area contributed by atoms with Crippen molar-refractivity contribution in [2.24, 2.45) is 0 Å². The van der Waals surface area contributed by atoms with Gasteiger partial charge in [0.1, 0.15) is 0 Å². The fraction of sp³-hybridized carbons (Fsp3) is 0. The van der Waals surface area contributed by atoms with Gasteiger partial charge in [0, 0.05) is 16.8 Å². The summed E-state index contributed by atoms with van der Waals surface area (Å²) >= 11 is 0. The van der Waals surface area contributed by atoms with E-state index in [1.165, 1.54) is 71.6 Å². The van der Waals surface area contributed by atoms with E-state index in [1.54, 1.807) is 0 Å². The Morgan fingerprint density at radius 3 is 1.25 bits per heavy atom. The van der Waals surface area contributed by atoms with Crippen LogP contribution in [0, 0.1) is 0 Å². The third kappa shape index (κ3) is 6.56. The van der Waals surface area contributed by atoms with E-state index >= 15 is 0 Å². The Labute approximate surface area is 334 Å². The summed E-state index contributed by atoms with van der Waals surface area (Å²) in [5.41, 5.74) is 15.2. The lowest BCUT2D eigenvalue weighted by molar-refractivity contribution is 1.28. The molecule has 1 heteroatoms. The minimum atomic E-state index is 1.08. The van der Waals surface area contributed by atoms with Crippen molar-refractivity contribution in [3.63, 3.8) is 0 Å². The first-order valence-corrected chi connectivity index (χ1v) is 19.6. The number of benzene rings is 10. The molecule has 0 unspecified atom stereocenters. The molecule has 0 amide bonds. The fourth-order valence-corrected chi connectivity index (χ4v) is 8.28. The fourth-order valence-electron chi connectivity index (χ4n) is 8.28. The quantitative estimate of drug-likeness (QED) is 0.151. The predicted octanol–water partition coefficient (Wildman–Crippen LogP) is 15.8. The molecule has 0 saturated heterocycles. The van der Waals surface area contributed by atoms with Gasteiger partial charge in [0.15, 0.2) is 0 Å². The van der Waals surface area contributed by atoms with Crippen molar-refractivity contribution in [2.75, 3.05) is 4.90 Å². The summed E-state index contributed by atoms with van der Waals surface area (Å²) in [4.78, 5) is 2.45. The molecular formula is C56H39N. The highest BCUT2D eigenvalue weighted by atomic mass is 15.1. The maximum Gasteiger partial charge on any atom is 0.0546 e. The molecule has 0 saturated carbocycles. The molecule has 0 aliphatic carbocycles. The minimum Gasteiger partial charge on any atom is -0.309 e. The van der Waals surface area contributed by atoms with Crippen LogP contribution in [0.2, 0.25) is 0 Å². The third-order valence-electron chi connectivity index (χ3n) is 11.1. The summed E-state index contributed by atoms with van der Waals surface area (Å²) in [6.07, 6.45) is 0. The number of hydrogen-bond donors (Lipinski definition) is 0. The van der Waals surface area contributed by atoms with E-state index in [4.69, 9.17) is 0 Å². The highest BCUT2D eigenvalue weighted by Crippen LogP contribution is 2.47. The van der Waals surface area contributed by atoms with E-state index in [0.29, 0.717) is 0 Å². The molecule has 0 radical (unpaired) electrons. The van der Waals surface area contributed by atoms with Crippen molar-refractivity contribution in [1.29, 1.82) is 0 Å². The van der Waals surface area contributed by atoms with Crippen LogP contribution in [0.5, 0.6) is 0 Å². The highest BCUT2D eigenvalue weighted by molar-refractivity contribution is 6.01. The number of fused-ring (bicyclic) bond motifs is 2. The second-order valence-corrected chi connectivity index (χ2v) is 14.5. The van der Waals surface area contributed by atoms with E-state index in [9.17, 15) is 0 Å². The zero-order valence-electron chi connectivity index (χ0n) is 31.5. The van der Waals surface area contributed by atoms with E-state index in [0.717, 1.165) is 22.6 Å². The van der Waals surface area contributed by atoms with Gasteiger partial charge in [-0.25, -0.2) is 0 Å². The summed E-state index contributed by atoms with van der Waals surface area (Å²) in [5, 5.41) is 5.00. The van der Waals surface area contributed by atoms with E-state index in [1.807, 2.05) is 0 Å². The van der Waals surface area contributed by atoms with Gasteiger partial charge in [0.2, 0.25) is 0 Å². The molecule has 57 heavy (non-hydrogen) atoms. The molecule has 1 nitrogen and oxygen atoms in total. The molecule has 0 spiro atoms. The first-order chi connectivity index (χ1) is 28.3. The van der Waals surface area contributed by atoms with Gasteiger partial charge < -0.3 is 4.90 Å². The second-order valence-electron chi connectivity index (χ2n) is 14.5. The summed E-state index contributed by atoms with van der Waals surface area (Å²) in [6, 6.07) is 85.7. The number of hydrogen-bond acceptors (Lipinski definition) is 1. The first-order valence-electron chi connectivity index (χ1n) is 19.6. The van der Waals surface area contributed by atoms with Crippen LogP contribution in [0.3, 0.4) is 0 Å². The van der Waals surface area contributed by atoms with Gasteiger partial charge in [-0.2, -0.15) is 0 Å². The van der Waals surface area contributed by atoms with Crippen LogP contribution >= 0.6 is 0 Å². The summed E-state index contributed by atoms with van der Waals surface area (Å²) in [7, 11) is 0. The standard InChI is InChI=1S/C56H39N/c1-3-15-44(16-4-1)53-25-11-12-28-55(53)57(48-36-33-41(34-37-48)40-29-31-46(32-30-40)51-26-13-21-42-19-7-9-23-49(42)51)56-39-47(35-38-54(56)45-17-5-2-6-18-45)52-27-14-22-43-20-8-10-24-50(43)52/h1-39H. The molecule has 10 rings (SSSR count). The summed E-state index contributed by atoms with van der Waals surface area (Å²) in [5.74, 6) is 0. The van der Waals surface area contributed by atoms with Gasteiger partial charge in [-0.3, -0.25) is 0 Å². The zero-order valence-corrected chi connectivity index (χ0v) is 31.5. The number of anilines is 3. The Morgan fingerprint density at radius 2 is 0.632 bits per heavy atom. The largest absolute Gasteiger partial charge is 0.309 e. The van der Waals surface area contributed by atoms with E-state index in [-0.39, 0.29) is 0 Å². The normalized spacial score (nSPS) is 11.2. The monoisotopic (exact) mass is 725 g/mol. The van der Waals surface area contributed by atoms with E-state index in [2.05, 4.69) is 241 Å². The zero-order chi connectivity index (χ0) is 38.0. The number of para-hydroxylation sites is 1. The van der Waals surface area contributed by atoms with E-state index < -0.39 is 0 Å². The van der Waals surface area contributed by atoms with Crippen molar-refractivity contribution < 1.29 is 0 Å². The Bertz CT molecular complexity index is 2970. The molecule has 10 aromatic carbocycles. The lowest BCUT2D eigenvalue weighted by atomic mass is 9.93. The molecule has 0 aromatic heterocycles. The van der Waals surface area contributed by atoms with Gasteiger partial charge in [0.05, 0.1) is 11.4 Å². The summed E-state index contributed by atoms with van der Waals surface area (Å²) in [6.45, 7) is 0. The molecule has 0 N–H and O–H groups in total. The molecular weight excluding hydrogens is 687 g/mol. The maximum absolute atomic E-state index is 2.45. The molecule has 0 aliphatic heterocycles. The molecule has 0 heterocycles. The number of nitrogens with zero attached hydrogens (tertiary/aromatic N) is 1. The Hall–Kier alpha value is -7.48. The van der Waals surface area contributed by atoms with Crippen molar-refractivity contribution >= 4 is 38.6 Å². The van der Waals surface area contributed by atoms with Gasteiger partial charge >= 0.3 is 0 Å². The van der Waals surface area contributed by atoms with Crippen molar-refractivity contribution in [1.82, 2.24) is 0 Å². The Morgan fingerprint density at radius 1 is 0.228 bits per heavy atom. The Balaban J connectivity index is 1.13.